The van der Waals surface area contributed by atoms with Crippen LogP contribution in [0.1, 0.15) is 11.1 Å². The van der Waals surface area contributed by atoms with Gasteiger partial charge >= 0.3 is 0 Å². The molecule has 1 heterocycles. The maximum atomic E-state index is 5.54. The van der Waals surface area contributed by atoms with E-state index in [4.69, 9.17) is 10.5 Å². The van der Waals surface area contributed by atoms with Crippen LogP contribution in [0.2, 0.25) is 0 Å². The van der Waals surface area contributed by atoms with Crippen molar-refractivity contribution in [2.24, 2.45) is 5.73 Å². The summed E-state index contributed by atoms with van der Waals surface area (Å²) in [6, 6.07) is 10.0. The predicted octanol–water partition coefficient (Wildman–Crippen LogP) is 2.52. The van der Waals surface area contributed by atoms with E-state index in [1.165, 1.54) is 0 Å². The maximum absolute atomic E-state index is 5.54. The predicted molar refractivity (Wildman–Crippen MR) is 68.9 cm³/mol. The minimum atomic E-state index is 0.523. The Morgan fingerprint density at radius 3 is 2.59 bits per heavy atom. The van der Waals surface area contributed by atoms with E-state index in [9.17, 15) is 0 Å². The van der Waals surface area contributed by atoms with Crippen molar-refractivity contribution in [2.75, 3.05) is 7.11 Å². The number of ether oxygens (including phenoxy) is 1. The van der Waals surface area contributed by atoms with Crippen LogP contribution in [0.15, 0.2) is 36.5 Å². The first-order chi connectivity index (χ1) is 8.24. The molecule has 0 aliphatic rings. The lowest BCUT2D eigenvalue weighted by Gasteiger charge is -2.07. The van der Waals surface area contributed by atoms with Crippen molar-refractivity contribution in [2.45, 2.75) is 13.5 Å². The topological polar surface area (TPSA) is 48.1 Å². The summed E-state index contributed by atoms with van der Waals surface area (Å²) in [5, 5.41) is 0. The van der Waals surface area contributed by atoms with Crippen molar-refractivity contribution in [3.63, 3.8) is 0 Å². The molecule has 88 valence electrons. The fourth-order valence-corrected chi connectivity index (χ4v) is 1.75. The lowest BCUT2D eigenvalue weighted by Crippen LogP contribution is -1.97. The molecular weight excluding hydrogens is 212 g/mol. The molecule has 0 radical (unpaired) electrons. The van der Waals surface area contributed by atoms with Gasteiger partial charge in [-0.1, -0.05) is 6.07 Å². The number of benzene rings is 1. The Balaban J connectivity index is 2.35. The molecule has 1 aromatic carbocycles. The lowest BCUT2D eigenvalue weighted by atomic mass is 10.1. The van der Waals surface area contributed by atoms with Gasteiger partial charge in [0.15, 0.2) is 0 Å². The van der Waals surface area contributed by atoms with Gasteiger partial charge < -0.3 is 10.5 Å². The molecule has 0 saturated heterocycles. The fraction of sp³-hybridized carbons (Fsp3) is 0.214. The Hall–Kier alpha value is -1.87. The molecule has 0 bridgehead atoms. The number of aryl methyl sites for hydroxylation is 1. The lowest BCUT2D eigenvalue weighted by molar-refractivity contribution is 0.412. The summed E-state index contributed by atoms with van der Waals surface area (Å²) >= 11 is 0. The quantitative estimate of drug-likeness (QED) is 0.878. The second-order valence-corrected chi connectivity index (χ2v) is 3.94. The van der Waals surface area contributed by atoms with E-state index in [2.05, 4.69) is 11.1 Å². The molecule has 0 aliphatic carbocycles. The zero-order chi connectivity index (χ0) is 12.3. The first kappa shape index (κ1) is 11.6. The molecule has 0 spiro atoms. The van der Waals surface area contributed by atoms with Gasteiger partial charge in [0.05, 0.1) is 12.8 Å². The number of nitrogens with two attached hydrogens (primary N) is 1. The molecule has 17 heavy (non-hydrogen) atoms. The zero-order valence-electron chi connectivity index (χ0n) is 10.1. The van der Waals surface area contributed by atoms with Crippen molar-refractivity contribution in [3.05, 3.63) is 47.7 Å². The number of methoxy groups -OCH3 is 1. The second kappa shape index (κ2) is 4.97. The highest BCUT2D eigenvalue weighted by Gasteiger charge is 2.03. The van der Waals surface area contributed by atoms with Crippen molar-refractivity contribution >= 4 is 0 Å². The van der Waals surface area contributed by atoms with Gasteiger partial charge in [0.1, 0.15) is 5.75 Å². The molecule has 2 N–H and O–H groups in total. The summed E-state index contributed by atoms with van der Waals surface area (Å²) < 4.78 is 5.24. The fourth-order valence-electron chi connectivity index (χ4n) is 1.75. The van der Waals surface area contributed by atoms with E-state index in [0.29, 0.717) is 6.54 Å². The van der Waals surface area contributed by atoms with Crippen molar-refractivity contribution in [3.8, 4) is 17.0 Å². The average Bonchev–Trinajstić information content (AvgIpc) is 2.39. The van der Waals surface area contributed by atoms with Gasteiger partial charge in [-0.05, 0) is 42.3 Å². The molecule has 0 atom stereocenters. The Kier molecular flexibility index (Phi) is 3.40. The maximum Gasteiger partial charge on any atom is 0.121 e. The third-order valence-electron chi connectivity index (χ3n) is 2.75. The first-order valence-corrected chi connectivity index (χ1v) is 5.54. The Morgan fingerprint density at radius 1 is 1.24 bits per heavy atom. The Labute approximate surface area is 101 Å². The Bertz CT molecular complexity index is 506. The van der Waals surface area contributed by atoms with Crippen LogP contribution in [-0.2, 0) is 6.54 Å². The van der Waals surface area contributed by atoms with Crippen molar-refractivity contribution in [1.29, 1.82) is 0 Å². The third kappa shape index (κ3) is 2.45. The highest BCUT2D eigenvalue weighted by molar-refractivity contribution is 5.62. The van der Waals surface area contributed by atoms with Crippen LogP contribution in [0, 0.1) is 6.92 Å². The van der Waals surface area contributed by atoms with E-state index < -0.39 is 0 Å². The van der Waals surface area contributed by atoms with Crippen molar-refractivity contribution < 1.29 is 4.74 Å². The number of nitrogens with zero attached hydrogens (tertiary/aromatic N) is 1. The molecule has 2 rings (SSSR count). The van der Waals surface area contributed by atoms with E-state index in [1.807, 2.05) is 37.4 Å². The average molecular weight is 228 g/mol. The summed E-state index contributed by atoms with van der Waals surface area (Å²) in [7, 11) is 1.68. The molecule has 1 aromatic heterocycles. The number of hydrogen-bond donors (Lipinski definition) is 1. The smallest absolute Gasteiger partial charge is 0.121 e. The van der Waals surface area contributed by atoms with Gasteiger partial charge in [-0.2, -0.15) is 0 Å². The highest BCUT2D eigenvalue weighted by atomic mass is 16.5. The van der Waals surface area contributed by atoms with Crippen LogP contribution in [0.25, 0.3) is 11.3 Å². The monoisotopic (exact) mass is 228 g/mol. The largest absolute Gasteiger partial charge is 0.496 e. The van der Waals surface area contributed by atoms with Crippen LogP contribution < -0.4 is 10.5 Å². The van der Waals surface area contributed by atoms with Crippen LogP contribution in [0.5, 0.6) is 5.75 Å². The molecule has 3 nitrogen and oxygen atoms in total. The van der Waals surface area contributed by atoms with E-state index in [1.54, 1.807) is 7.11 Å². The SMILES string of the molecule is COc1ccc(-c2ccc(CN)cn2)cc1C. The molecule has 0 unspecified atom stereocenters. The first-order valence-electron chi connectivity index (χ1n) is 5.54. The molecule has 2 aromatic rings. The van der Waals surface area contributed by atoms with E-state index in [-0.39, 0.29) is 0 Å². The van der Waals surface area contributed by atoms with Crippen molar-refractivity contribution in [1.82, 2.24) is 4.98 Å². The Morgan fingerprint density at radius 2 is 2.06 bits per heavy atom. The number of hydrogen-bond acceptors (Lipinski definition) is 3. The van der Waals surface area contributed by atoms with Gasteiger partial charge in [-0.15, -0.1) is 0 Å². The minimum Gasteiger partial charge on any atom is -0.496 e. The van der Waals surface area contributed by atoms with E-state index in [0.717, 1.165) is 28.1 Å². The van der Waals surface area contributed by atoms with Crippen LogP contribution >= 0.6 is 0 Å². The summed E-state index contributed by atoms with van der Waals surface area (Å²) in [5.41, 5.74) is 9.73. The van der Waals surface area contributed by atoms with Gasteiger partial charge in [0.2, 0.25) is 0 Å². The van der Waals surface area contributed by atoms with Gasteiger partial charge in [0, 0.05) is 18.3 Å². The molecule has 0 fully saturated rings. The number of rotatable bonds is 3. The van der Waals surface area contributed by atoms with Gasteiger partial charge in [0.25, 0.3) is 0 Å². The summed E-state index contributed by atoms with van der Waals surface area (Å²) in [6.07, 6.45) is 1.81. The van der Waals surface area contributed by atoms with Crippen LogP contribution in [0.4, 0.5) is 0 Å². The number of pyridine rings is 1. The summed E-state index contributed by atoms with van der Waals surface area (Å²) in [6.45, 7) is 2.55. The highest BCUT2D eigenvalue weighted by Crippen LogP contribution is 2.24. The van der Waals surface area contributed by atoms with E-state index >= 15 is 0 Å². The zero-order valence-corrected chi connectivity index (χ0v) is 10.1. The summed E-state index contributed by atoms with van der Waals surface area (Å²) in [4.78, 5) is 4.40. The minimum absolute atomic E-state index is 0.523. The molecule has 3 heteroatoms. The summed E-state index contributed by atoms with van der Waals surface area (Å²) in [5.74, 6) is 0.896. The third-order valence-corrected chi connectivity index (χ3v) is 2.75. The molecule has 0 aliphatic heterocycles. The number of aromatic nitrogens is 1. The van der Waals surface area contributed by atoms with Crippen LogP contribution in [0.3, 0.4) is 0 Å². The molecular formula is C14H16N2O. The van der Waals surface area contributed by atoms with Crippen LogP contribution in [-0.4, -0.2) is 12.1 Å². The normalized spacial score (nSPS) is 10.3. The molecule has 0 saturated carbocycles. The standard InChI is InChI=1S/C14H16N2O/c1-10-7-12(4-6-14(10)17-2)13-5-3-11(8-15)9-16-13/h3-7,9H,8,15H2,1-2H3. The molecule has 0 amide bonds. The van der Waals surface area contributed by atoms with Gasteiger partial charge in [-0.3, -0.25) is 4.98 Å². The van der Waals surface area contributed by atoms with Gasteiger partial charge in [-0.25, -0.2) is 0 Å². The second-order valence-electron chi connectivity index (χ2n) is 3.94.